The van der Waals surface area contributed by atoms with Gasteiger partial charge in [-0.3, -0.25) is 0 Å². The molecule has 0 saturated heterocycles. The first kappa shape index (κ1) is 11.0. The molecule has 0 unspecified atom stereocenters. The summed E-state index contributed by atoms with van der Waals surface area (Å²) in [4.78, 5) is 0. The molecule has 76 valence electrons. The van der Waals surface area contributed by atoms with E-state index in [9.17, 15) is 0 Å². The lowest BCUT2D eigenvalue weighted by molar-refractivity contribution is 0.0507. The van der Waals surface area contributed by atoms with Crippen molar-refractivity contribution >= 4 is 12.6 Å². The van der Waals surface area contributed by atoms with Crippen LogP contribution >= 0.6 is 0 Å². The molecule has 0 heterocycles. The standard InChI is InChI=1S/C9H13BO4/c1-7-3-4-8(10(11)12)5-9(7)14-6-13-2/h3-5,11-12H,6H2,1-2H3. The van der Waals surface area contributed by atoms with E-state index in [4.69, 9.17) is 19.5 Å². The predicted octanol–water partition coefficient (Wildman–Crippen LogP) is -0.342. The van der Waals surface area contributed by atoms with Gasteiger partial charge >= 0.3 is 7.12 Å². The second-order valence-corrected chi connectivity index (χ2v) is 2.95. The van der Waals surface area contributed by atoms with Gasteiger partial charge < -0.3 is 19.5 Å². The van der Waals surface area contributed by atoms with Crippen LogP contribution < -0.4 is 10.2 Å². The number of methoxy groups -OCH3 is 1. The van der Waals surface area contributed by atoms with Gasteiger partial charge in [-0.25, -0.2) is 0 Å². The SMILES string of the molecule is COCOc1cc(B(O)O)ccc1C. The molecular weight excluding hydrogens is 183 g/mol. The summed E-state index contributed by atoms with van der Waals surface area (Å²) in [6.07, 6.45) is 0. The Bertz CT molecular complexity index is 301. The molecule has 0 saturated carbocycles. The minimum atomic E-state index is -1.47. The van der Waals surface area contributed by atoms with E-state index >= 15 is 0 Å². The maximum absolute atomic E-state index is 8.93. The van der Waals surface area contributed by atoms with E-state index in [1.54, 1.807) is 18.2 Å². The first-order chi connectivity index (χ1) is 6.65. The molecule has 0 radical (unpaired) electrons. The lowest BCUT2D eigenvalue weighted by atomic mass is 9.80. The number of rotatable bonds is 4. The minimum absolute atomic E-state index is 0.145. The molecule has 4 nitrogen and oxygen atoms in total. The van der Waals surface area contributed by atoms with Crippen molar-refractivity contribution in [2.75, 3.05) is 13.9 Å². The Morgan fingerprint density at radius 2 is 2.07 bits per heavy atom. The van der Waals surface area contributed by atoms with Gasteiger partial charge in [0.25, 0.3) is 0 Å². The Morgan fingerprint density at radius 1 is 1.36 bits per heavy atom. The molecule has 0 aliphatic heterocycles. The molecule has 0 aromatic heterocycles. The molecule has 1 aromatic carbocycles. The van der Waals surface area contributed by atoms with Gasteiger partial charge in [0.1, 0.15) is 5.75 Å². The fraction of sp³-hybridized carbons (Fsp3) is 0.333. The Labute approximate surface area is 83.2 Å². The summed E-state index contributed by atoms with van der Waals surface area (Å²) in [5.41, 5.74) is 1.33. The summed E-state index contributed by atoms with van der Waals surface area (Å²) in [6.45, 7) is 2.02. The normalized spacial score (nSPS) is 10.0. The summed E-state index contributed by atoms with van der Waals surface area (Å²) < 4.78 is 9.99. The molecule has 0 aliphatic carbocycles. The minimum Gasteiger partial charge on any atom is -0.467 e. The van der Waals surface area contributed by atoms with Gasteiger partial charge in [0.15, 0.2) is 6.79 Å². The maximum atomic E-state index is 8.93. The van der Waals surface area contributed by atoms with Gasteiger partial charge in [0.2, 0.25) is 0 Å². The highest BCUT2D eigenvalue weighted by atomic mass is 16.7. The lowest BCUT2D eigenvalue weighted by Crippen LogP contribution is -2.29. The van der Waals surface area contributed by atoms with Crippen LogP contribution in [0.15, 0.2) is 18.2 Å². The van der Waals surface area contributed by atoms with Gasteiger partial charge in [-0.2, -0.15) is 0 Å². The van der Waals surface area contributed by atoms with E-state index in [-0.39, 0.29) is 6.79 Å². The van der Waals surface area contributed by atoms with Crippen molar-refractivity contribution in [1.29, 1.82) is 0 Å². The summed E-state index contributed by atoms with van der Waals surface area (Å²) in [7, 11) is 0.0561. The van der Waals surface area contributed by atoms with Crippen molar-refractivity contribution in [3.8, 4) is 5.75 Å². The van der Waals surface area contributed by atoms with E-state index in [0.717, 1.165) is 5.56 Å². The molecule has 0 aliphatic rings. The molecule has 5 heteroatoms. The van der Waals surface area contributed by atoms with Crippen LogP contribution in [0.4, 0.5) is 0 Å². The van der Waals surface area contributed by atoms with Crippen LogP contribution in [0.3, 0.4) is 0 Å². The Kier molecular flexibility index (Phi) is 3.94. The van der Waals surface area contributed by atoms with Crippen LogP contribution in [-0.4, -0.2) is 31.1 Å². The lowest BCUT2D eigenvalue weighted by Gasteiger charge is -2.09. The number of hydrogen-bond acceptors (Lipinski definition) is 4. The van der Waals surface area contributed by atoms with Crippen LogP contribution in [0, 0.1) is 6.92 Å². The predicted molar refractivity (Wildman–Crippen MR) is 53.5 cm³/mol. The van der Waals surface area contributed by atoms with Gasteiger partial charge in [-0.05, 0) is 24.0 Å². The van der Waals surface area contributed by atoms with Crippen molar-refractivity contribution in [2.45, 2.75) is 6.92 Å². The quantitative estimate of drug-likeness (QED) is 0.510. The highest BCUT2D eigenvalue weighted by Gasteiger charge is 2.12. The van der Waals surface area contributed by atoms with Crippen molar-refractivity contribution in [3.05, 3.63) is 23.8 Å². The summed E-state index contributed by atoms with van der Waals surface area (Å²) in [6, 6.07) is 4.98. The van der Waals surface area contributed by atoms with Gasteiger partial charge in [-0.15, -0.1) is 0 Å². The van der Waals surface area contributed by atoms with E-state index < -0.39 is 7.12 Å². The Hall–Kier alpha value is -1.04. The van der Waals surface area contributed by atoms with Gasteiger partial charge in [0, 0.05) is 7.11 Å². The van der Waals surface area contributed by atoms with E-state index in [1.165, 1.54) is 7.11 Å². The summed E-state index contributed by atoms with van der Waals surface area (Å²) in [5, 5.41) is 17.9. The zero-order chi connectivity index (χ0) is 10.6. The average molecular weight is 196 g/mol. The largest absolute Gasteiger partial charge is 0.488 e. The van der Waals surface area contributed by atoms with Crippen molar-refractivity contribution < 1.29 is 19.5 Å². The fourth-order valence-corrected chi connectivity index (χ4v) is 1.06. The van der Waals surface area contributed by atoms with Crippen LogP contribution in [0.1, 0.15) is 5.56 Å². The topological polar surface area (TPSA) is 58.9 Å². The third kappa shape index (κ3) is 2.73. The first-order valence-electron chi connectivity index (χ1n) is 4.23. The molecule has 0 amide bonds. The zero-order valence-electron chi connectivity index (χ0n) is 8.23. The summed E-state index contributed by atoms with van der Waals surface area (Å²) in [5.74, 6) is 0.595. The molecule has 0 atom stereocenters. The second-order valence-electron chi connectivity index (χ2n) is 2.95. The number of hydrogen-bond donors (Lipinski definition) is 2. The van der Waals surface area contributed by atoms with Crippen molar-refractivity contribution in [2.24, 2.45) is 0 Å². The van der Waals surface area contributed by atoms with Gasteiger partial charge in [0.05, 0.1) is 0 Å². The van der Waals surface area contributed by atoms with E-state index in [0.29, 0.717) is 11.2 Å². The molecular formula is C9H13BO4. The van der Waals surface area contributed by atoms with Crippen molar-refractivity contribution in [3.63, 3.8) is 0 Å². The molecule has 1 aromatic rings. The number of benzene rings is 1. The number of aryl methyl sites for hydroxylation is 1. The molecule has 2 N–H and O–H groups in total. The number of ether oxygens (including phenoxy) is 2. The second kappa shape index (κ2) is 5.00. The molecule has 0 bridgehead atoms. The molecule has 0 fully saturated rings. The first-order valence-corrected chi connectivity index (χ1v) is 4.23. The monoisotopic (exact) mass is 196 g/mol. The molecule has 0 spiro atoms. The van der Waals surface area contributed by atoms with E-state index in [1.807, 2.05) is 6.92 Å². The smallest absolute Gasteiger partial charge is 0.467 e. The highest BCUT2D eigenvalue weighted by Crippen LogP contribution is 2.15. The maximum Gasteiger partial charge on any atom is 0.488 e. The molecule has 1 rings (SSSR count). The van der Waals surface area contributed by atoms with E-state index in [2.05, 4.69) is 0 Å². The van der Waals surface area contributed by atoms with Crippen LogP contribution in [-0.2, 0) is 4.74 Å². The summed E-state index contributed by atoms with van der Waals surface area (Å²) >= 11 is 0. The third-order valence-corrected chi connectivity index (χ3v) is 1.84. The van der Waals surface area contributed by atoms with Crippen LogP contribution in [0.5, 0.6) is 5.75 Å². The molecule has 14 heavy (non-hydrogen) atoms. The average Bonchev–Trinajstić information content (AvgIpc) is 2.16. The van der Waals surface area contributed by atoms with Crippen LogP contribution in [0.2, 0.25) is 0 Å². The van der Waals surface area contributed by atoms with Crippen molar-refractivity contribution in [1.82, 2.24) is 0 Å². The van der Waals surface area contributed by atoms with Gasteiger partial charge in [-0.1, -0.05) is 12.1 Å². The van der Waals surface area contributed by atoms with Crippen LogP contribution in [0.25, 0.3) is 0 Å². The third-order valence-electron chi connectivity index (χ3n) is 1.84. The fourth-order valence-electron chi connectivity index (χ4n) is 1.06. The Morgan fingerprint density at radius 3 is 2.64 bits per heavy atom. The Balaban J connectivity index is 2.85. The zero-order valence-corrected chi connectivity index (χ0v) is 8.23. The highest BCUT2D eigenvalue weighted by molar-refractivity contribution is 6.58.